The van der Waals surface area contributed by atoms with Gasteiger partial charge in [-0.2, -0.15) is 0 Å². The molecular weight excluding hydrogens is 138 g/mol. The molecule has 2 N–H and O–H groups in total. The Hall–Kier alpha value is -0.830. The van der Waals surface area contributed by atoms with Crippen molar-refractivity contribution in [2.75, 3.05) is 6.54 Å². The first kappa shape index (κ1) is 6.85. The van der Waals surface area contributed by atoms with Crippen molar-refractivity contribution in [3.8, 4) is 0 Å². The fourth-order valence-electron chi connectivity index (χ4n) is 1.67. The summed E-state index contributed by atoms with van der Waals surface area (Å²) in [4.78, 5) is 4.32. The summed E-state index contributed by atoms with van der Waals surface area (Å²) in [6, 6.07) is 0. The van der Waals surface area contributed by atoms with E-state index in [4.69, 9.17) is 5.73 Å². The Balaban J connectivity index is 2.27. The number of fused-ring (bicyclic) bond motifs is 1. The number of imidazole rings is 1. The standard InChI is InChI=1S/C8H13N3/c9-4-3-7-6-10-8-2-1-5-11(7)8/h6H,1-5,9H2. The highest BCUT2D eigenvalue weighted by molar-refractivity contribution is 5.09. The van der Waals surface area contributed by atoms with E-state index in [0.717, 1.165) is 25.9 Å². The molecular formula is C8H13N3. The zero-order valence-electron chi connectivity index (χ0n) is 6.58. The lowest BCUT2D eigenvalue weighted by Crippen LogP contribution is -2.07. The van der Waals surface area contributed by atoms with Gasteiger partial charge < -0.3 is 10.3 Å². The summed E-state index contributed by atoms with van der Waals surface area (Å²) < 4.78 is 2.30. The number of hydrogen-bond donors (Lipinski definition) is 1. The van der Waals surface area contributed by atoms with E-state index in [-0.39, 0.29) is 0 Å². The lowest BCUT2D eigenvalue weighted by atomic mass is 10.3. The number of aryl methyl sites for hydroxylation is 1. The molecule has 1 aromatic rings. The molecule has 0 unspecified atom stereocenters. The van der Waals surface area contributed by atoms with Gasteiger partial charge in [0.2, 0.25) is 0 Å². The molecule has 0 aliphatic carbocycles. The first-order valence-corrected chi connectivity index (χ1v) is 4.15. The molecule has 0 spiro atoms. The second-order valence-corrected chi connectivity index (χ2v) is 2.96. The van der Waals surface area contributed by atoms with Gasteiger partial charge in [0, 0.05) is 31.3 Å². The molecule has 1 aromatic heterocycles. The van der Waals surface area contributed by atoms with Crippen LogP contribution in [0.4, 0.5) is 0 Å². The molecule has 1 aliphatic rings. The van der Waals surface area contributed by atoms with Crippen molar-refractivity contribution in [2.24, 2.45) is 5.73 Å². The van der Waals surface area contributed by atoms with Crippen molar-refractivity contribution >= 4 is 0 Å². The van der Waals surface area contributed by atoms with Crippen LogP contribution in [0.3, 0.4) is 0 Å². The van der Waals surface area contributed by atoms with Gasteiger partial charge >= 0.3 is 0 Å². The molecule has 2 heterocycles. The van der Waals surface area contributed by atoms with Gasteiger partial charge in [0.05, 0.1) is 0 Å². The van der Waals surface area contributed by atoms with Gasteiger partial charge in [0.15, 0.2) is 0 Å². The number of aromatic nitrogens is 2. The third kappa shape index (κ3) is 1.05. The second kappa shape index (κ2) is 2.66. The van der Waals surface area contributed by atoms with Gasteiger partial charge in [0.25, 0.3) is 0 Å². The summed E-state index contributed by atoms with van der Waals surface area (Å²) in [5.41, 5.74) is 6.78. The third-order valence-electron chi connectivity index (χ3n) is 2.20. The number of nitrogens with zero attached hydrogens (tertiary/aromatic N) is 2. The maximum atomic E-state index is 5.47. The topological polar surface area (TPSA) is 43.8 Å². The highest BCUT2D eigenvalue weighted by atomic mass is 15.1. The Bertz CT molecular complexity index is 252. The van der Waals surface area contributed by atoms with Crippen LogP contribution in [0.5, 0.6) is 0 Å². The van der Waals surface area contributed by atoms with Crippen LogP contribution in [-0.4, -0.2) is 16.1 Å². The highest BCUT2D eigenvalue weighted by Crippen LogP contribution is 2.15. The molecule has 3 nitrogen and oxygen atoms in total. The fourth-order valence-corrected chi connectivity index (χ4v) is 1.67. The minimum absolute atomic E-state index is 0.727. The van der Waals surface area contributed by atoms with Crippen molar-refractivity contribution in [1.29, 1.82) is 0 Å². The van der Waals surface area contributed by atoms with Crippen LogP contribution in [0.1, 0.15) is 17.9 Å². The van der Waals surface area contributed by atoms with Crippen LogP contribution < -0.4 is 5.73 Å². The summed E-state index contributed by atoms with van der Waals surface area (Å²) in [5, 5.41) is 0. The molecule has 2 rings (SSSR count). The zero-order chi connectivity index (χ0) is 7.68. The van der Waals surface area contributed by atoms with Crippen molar-refractivity contribution in [3.63, 3.8) is 0 Å². The van der Waals surface area contributed by atoms with Crippen molar-refractivity contribution in [3.05, 3.63) is 17.7 Å². The molecule has 60 valence electrons. The number of hydrogen-bond acceptors (Lipinski definition) is 2. The molecule has 11 heavy (non-hydrogen) atoms. The van der Waals surface area contributed by atoms with Crippen molar-refractivity contribution < 1.29 is 0 Å². The van der Waals surface area contributed by atoms with Crippen LogP contribution in [0.25, 0.3) is 0 Å². The van der Waals surface area contributed by atoms with E-state index in [0.29, 0.717) is 0 Å². The molecule has 1 aliphatic heterocycles. The second-order valence-electron chi connectivity index (χ2n) is 2.96. The highest BCUT2D eigenvalue weighted by Gasteiger charge is 2.13. The molecule has 0 aromatic carbocycles. The number of rotatable bonds is 2. The summed E-state index contributed by atoms with van der Waals surface area (Å²) in [6.07, 6.45) is 5.32. The van der Waals surface area contributed by atoms with Crippen LogP contribution in [-0.2, 0) is 19.4 Å². The first-order valence-electron chi connectivity index (χ1n) is 4.15. The first-order chi connectivity index (χ1) is 5.42. The van der Waals surface area contributed by atoms with E-state index in [1.165, 1.54) is 17.9 Å². The van der Waals surface area contributed by atoms with Gasteiger partial charge in [-0.3, -0.25) is 0 Å². The number of nitrogens with two attached hydrogens (primary N) is 1. The molecule has 0 amide bonds. The SMILES string of the molecule is NCCc1cnc2n1CCC2. The van der Waals surface area contributed by atoms with Crippen LogP contribution in [0.2, 0.25) is 0 Å². The Labute approximate surface area is 66.2 Å². The summed E-state index contributed by atoms with van der Waals surface area (Å²) >= 11 is 0. The maximum absolute atomic E-state index is 5.47. The summed E-state index contributed by atoms with van der Waals surface area (Å²) in [6.45, 7) is 1.87. The zero-order valence-corrected chi connectivity index (χ0v) is 6.58. The van der Waals surface area contributed by atoms with E-state index >= 15 is 0 Å². The molecule has 0 saturated carbocycles. The largest absolute Gasteiger partial charge is 0.332 e. The maximum Gasteiger partial charge on any atom is 0.108 e. The van der Waals surface area contributed by atoms with E-state index < -0.39 is 0 Å². The molecule has 0 atom stereocenters. The molecule has 0 saturated heterocycles. The summed E-state index contributed by atoms with van der Waals surface area (Å²) in [7, 11) is 0. The molecule has 0 fully saturated rings. The van der Waals surface area contributed by atoms with E-state index in [1.807, 2.05) is 6.20 Å². The van der Waals surface area contributed by atoms with Crippen LogP contribution in [0.15, 0.2) is 6.20 Å². The minimum Gasteiger partial charge on any atom is -0.332 e. The fraction of sp³-hybridized carbons (Fsp3) is 0.625. The lowest BCUT2D eigenvalue weighted by molar-refractivity contribution is 0.702. The predicted octanol–water partition coefficient (Wildman–Crippen LogP) is 0.330. The van der Waals surface area contributed by atoms with Gasteiger partial charge in [-0.15, -0.1) is 0 Å². The van der Waals surface area contributed by atoms with Gasteiger partial charge in [-0.05, 0) is 13.0 Å². The predicted molar refractivity (Wildman–Crippen MR) is 43.3 cm³/mol. The van der Waals surface area contributed by atoms with Crippen LogP contribution >= 0.6 is 0 Å². The molecule has 0 bridgehead atoms. The van der Waals surface area contributed by atoms with E-state index in [1.54, 1.807) is 0 Å². The smallest absolute Gasteiger partial charge is 0.108 e. The van der Waals surface area contributed by atoms with Gasteiger partial charge in [-0.25, -0.2) is 4.98 Å². The Kier molecular flexibility index (Phi) is 1.66. The van der Waals surface area contributed by atoms with E-state index in [2.05, 4.69) is 9.55 Å². The average Bonchev–Trinajstić information content (AvgIpc) is 2.53. The Morgan fingerprint density at radius 1 is 1.64 bits per heavy atom. The molecule has 0 radical (unpaired) electrons. The van der Waals surface area contributed by atoms with Gasteiger partial charge in [-0.1, -0.05) is 0 Å². The van der Waals surface area contributed by atoms with E-state index in [9.17, 15) is 0 Å². The minimum atomic E-state index is 0.727. The van der Waals surface area contributed by atoms with Crippen molar-refractivity contribution in [1.82, 2.24) is 9.55 Å². The summed E-state index contributed by atoms with van der Waals surface area (Å²) in [5.74, 6) is 1.24. The molecule has 3 heteroatoms. The lowest BCUT2D eigenvalue weighted by Gasteiger charge is -2.01. The average molecular weight is 151 g/mol. The quantitative estimate of drug-likeness (QED) is 0.662. The monoisotopic (exact) mass is 151 g/mol. The normalized spacial score (nSPS) is 15.4. The van der Waals surface area contributed by atoms with Gasteiger partial charge in [0.1, 0.15) is 5.82 Å². The Morgan fingerprint density at radius 2 is 2.55 bits per heavy atom. The van der Waals surface area contributed by atoms with Crippen molar-refractivity contribution in [2.45, 2.75) is 25.8 Å². The Morgan fingerprint density at radius 3 is 3.36 bits per heavy atom. The third-order valence-corrected chi connectivity index (χ3v) is 2.20. The van der Waals surface area contributed by atoms with Crippen LogP contribution in [0, 0.1) is 0 Å².